The molecule has 0 amide bonds. The van der Waals surface area contributed by atoms with Crippen LogP contribution in [-0.4, -0.2) is 39.3 Å². The zero-order valence-corrected chi connectivity index (χ0v) is 26.1. The minimum absolute atomic E-state index is 0.137. The molecule has 0 radical (unpaired) electrons. The maximum Gasteiger partial charge on any atom is 0.139 e. The fraction of sp³-hybridized carbons (Fsp3) is 0.189. The number of benzene rings is 2. The third kappa shape index (κ3) is 6.90. The van der Waals surface area contributed by atoms with E-state index in [0.29, 0.717) is 30.4 Å². The molecule has 0 fully saturated rings. The zero-order valence-electron chi connectivity index (χ0n) is 26.1. The van der Waals surface area contributed by atoms with E-state index < -0.39 is 0 Å². The Labute approximate surface area is 268 Å². The summed E-state index contributed by atoms with van der Waals surface area (Å²) in [5.41, 5.74) is 5.81. The predicted octanol–water partition coefficient (Wildman–Crippen LogP) is 7.11. The quantitative estimate of drug-likeness (QED) is 0.150. The van der Waals surface area contributed by atoms with Gasteiger partial charge in [-0.3, -0.25) is 4.98 Å². The Morgan fingerprint density at radius 3 is 2.11 bits per heavy atom. The predicted molar refractivity (Wildman–Crippen MR) is 181 cm³/mol. The normalized spacial score (nSPS) is 11.0. The van der Waals surface area contributed by atoms with Crippen LogP contribution in [0.2, 0.25) is 0 Å². The van der Waals surface area contributed by atoms with Crippen LogP contribution >= 0.6 is 0 Å². The molecule has 0 saturated heterocycles. The molecule has 0 unspecified atom stereocenters. The van der Waals surface area contributed by atoms with Gasteiger partial charge in [0.25, 0.3) is 0 Å². The van der Waals surface area contributed by atoms with Gasteiger partial charge in [-0.05, 0) is 83.1 Å². The van der Waals surface area contributed by atoms with Crippen LogP contribution in [0, 0.1) is 0 Å². The fourth-order valence-electron chi connectivity index (χ4n) is 5.42. The van der Waals surface area contributed by atoms with E-state index in [0.717, 1.165) is 56.9 Å². The molecule has 0 aliphatic carbocycles. The summed E-state index contributed by atoms with van der Waals surface area (Å²) in [7, 11) is 3.34. The number of anilines is 3. The lowest BCUT2D eigenvalue weighted by Crippen LogP contribution is -2.24. The monoisotopic (exact) mass is 612 g/mol. The van der Waals surface area contributed by atoms with E-state index in [9.17, 15) is 5.11 Å². The Bertz CT molecular complexity index is 1880. The summed E-state index contributed by atoms with van der Waals surface area (Å²) in [6, 6.07) is 27.9. The van der Waals surface area contributed by atoms with Gasteiger partial charge < -0.3 is 24.8 Å². The van der Waals surface area contributed by atoms with Crippen molar-refractivity contribution in [1.82, 2.24) is 19.9 Å². The number of fused-ring (bicyclic) bond motifs is 1. The summed E-state index contributed by atoms with van der Waals surface area (Å²) in [6.45, 7) is 3.21. The van der Waals surface area contributed by atoms with Crippen molar-refractivity contribution in [3.63, 3.8) is 0 Å². The third-order valence-electron chi connectivity index (χ3n) is 7.85. The molecule has 0 aliphatic heterocycles. The molecule has 2 N–H and O–H groups in total. The fourth-order valence-corrected chi connectivity index (χ4v) is 5.42. The second-order valence-corrected chi connectivity index (χ2v) is 10.9. The summed E-state index contributed by atoms with van der Waals surface area (Å²) < 4.78 is 10.8. The number of hydrogen-bond acceptors (Lipinski definition) is 9. The first-order valence-electron chi connectivity index (χ1n) is 15.2. The van der Waals surface area contributed by atoms with Crippen LogP contribution in [0.25, 0.3) is 22.0 Å². The van der Waals surface area contributed by atoms with Gasteiger partial charge in [0.2, 0.25) is 0 Å². The Balaban J connectivity index is 1.49. The molecule has 0 aliphatic rings. The highest BCUT2D eigenvalue weighted by molar-refractivity contribution is 5.96. The number of aliphatic hydroxyl groups excluding tert-OH is 1. The highest BCUT2D eigenvalue weighted by Crippen LogP contribution is 2.34. The molecule has 6 rings (SSSR count). The largest absolute Gasteiger partial charge is 0.497 e. The average Bonchev–Trinajstić information content (AvgIpc) is 3.11. The highest BCUT2D eigenvalue weighted by Gasteiger charge is 2.18. The summed E-state index contributed by atoms with van der Waals surface area (Å²) in [4.78, 5) is 21.3. The van der Waals surface area contributed by atoms with Crippen molar-refractivity contribution in [2.24, 2.45) is 0 Å². The first-order valence-corrected chi connectivity index (χ1v) is 15.2. The molecule has 4 heterocycles. The van der Waals surface area contributed by atoms with Gasteiger partial charge in [0.05, 0.1) is 32.2 Å². The maximum atomic E-state index is 9.56. The molecule has 0 bridgehead atoms. The molecular weight excluding hydrogens is 576 g/mol. The lowest BCUT2D eigenvalue weighted by molar-refractivity contribution is 0.277. The highest BCUT2D eigenvalue weighted by atomic mass is 16.5. The van der Waals surface area contributed by atoms with Crippen LogP contribution in [0.1, 0.15) is 29.3 Å². The van der Waals surface area contributed by atoms with Crippen molar-refractivity contribution in [2.75, 3.05) is 24.4 Å². The van der Waals surface area contributed by atoms with Gasteiger partial charge in [0.15, 0.2) is 0 Å². The molecule has 232 valence electrons. The molecule has 2 aromatic carbocycles. The van der Waals surface area contributed by atoms with Gasteiger partial charge in [-0.2, -0.15) is 0 Å². The van der Waals surface area contributed by atoms with Gasteiger partial charge in [-0.15, -0.1) is 0 Å². The van der Waals surface area contributed by atoms with Gasteiger partial charge >= 0.3 is 0 Å². The number of aliphatic hydroxyl groups is 1. The van der Waals surface area contributed by atoms with Crippen LogP contribution in [0.15, 0.2) is 104 Å². The Morgan fingerprint density at radius 1 is 0.783 bits per heavy atom. The van der Waals surface area contributed by atoms with Crippen LogP contribution in [0.3, 0.4) is 0 Å². The lowest BCUT2D eigenvalue weighted by Gasteiger charge is -2.26. The standard InChI is InChI=1S/C37H36N6O3/c1-4-27-16-17-38-20-32(27)34-18-28-19-36(42-35-7-5-6-29(24-44)40-35)39-21-33(28)37(41-34)43(22-25-8-12-30(45-2)13-9-25)23-26-10-14-31(46-3)15-11-26/h5-21,44H,4,22-24H2,1-3H3,(H,39,40,42). The van der Waals surface area contributed by atoms with Crippen LogP contribution in [0.5, 0.6) is 11.5 Å². The van der Waals surface area contributed by atoms with Crippen molar-refractivity contribution < 1.29 is 14.6 Å². The van der Waals surface area contributed by atoms with Gasteiger partial charge in [0.1, 0.15) is 29.0 Å². The molecule has 9 nitrogen and oxygen atoms in total. The van der Waals surface area contributed by atoms with E-state index in [1.807, 2.05) is 67.1 Å². The Morgan fingerprint density at radius 2 is 1.48 bits per heavy atom. The molecule has 0 saturated carbocycles. The van der Waals surface area contributed by atoms with Crippen LogP contribution in [-0.2, 0) is 26.1 Å². The van der Waals surface area contributed by atoms with Crippen molar-refractivity contribution in [3.05, 3.63) is 126 Å². The van der Waals surface area contributed by atoms with E-state index in [-0.39, 0.29) is 6.61 Å². The second-order valence-electron chi connectivity index (χ2n) is 10.9. The van der Waals surface area contributed by atoms with Crippen molar-refractivity contribution >= 4 is 28.2 Å². The van der Waals surface area contributed by atoms with E-state index in [2.05, 4.69) is 57.4 Å². The van der Waals surface area contributed by atoms with Crippen molar-refractivity contribution in [1.29, 1.82) is 0 Å². The van der Waals surface area contributed by atoms with Crippen molar-refractivity contribution in [3.8, 4) is 22.8 Å². The number of nitrogens with zero attached hydrogens (tertiary/aromatic N) is 5. The Kier molecular flexibility index (Phi) is 9.31. The van der Waals surface area contributed by atoms with Gasteiger partial charge in [-0.1, -0.05) is 37.3 Å². The van der Waals surface area contributed by atoms with E-state index in [1.165, 1.54) is 5.56 Å². The first-order chi connectivity index (χ1) is 22.6. The third-order valence-corrected chi connectivity index (χ3v) is 7.85. The Hall–Kier alpha value is -5.54. The molecular formula is C37H36N6O3. The SMILES string of the molecule is CCc1ccncc1-c1cc2cc(Nc3cccc(CO)n3)ncc2c(N(Cc2ccc(OC)cc2)Cc2ccc(OC)cc2)n1. The number of hydrogen-bond donors (Lipinski definition) is 2. The van der Waals surface area contributed by atoms with Gasteiger partial charge in [-0.25, -0.2) is 15.0 Å². The molecule has 46 heavy (non-hydrogen) atoms. The summed E-state index contributed by atoms with van der Waals surface area (Å²) >= 11 is 0. The zero-order chi connectivity index (χ0) is 31.9. The second kappa shape index (κ2) is 14.0. The lowest BCUT2D eigenvalue weighted by atomic mass is 10.0. The number of aryl methyl sites for hydroxylation is 1. The summed E-state index contributed by atoms with van der Waals surface area (Å²) in [5.74, 6) is 3.67. The number of nitrogens with one attached hydrogen (secondary N) is 1. The smallest absolute Gasteiger partial charge is 0.139 e. The van der Waals surface area contributed by atoms with E-state index >= 15 is 0 Å². The molecule has 0 atom stereocenters. The van der Waals surface area contributed by atoms with Crippen molar-refractivity contribution in [2.45, 2.75) is 33.0 Å². The number of aromatic nitrogens is 4. The average molecular weight is 613 g/mol. The van der Waals surface area contributed by atoms with E-state index in [1.54, 1.807) is 20.3 Å². The number of rotatable bonds is 12. The topological polar surface area (TPSA) is 106 Å². The number of ether oxygens (including phenoxy) is 2. The maximum absolute atomic E-state index is 9.56. The first kappa shape index (κ1) is 30.5. The molecule has 0 spiro atoms. The van der Waals surface area contributed by atoms with Crippen LogP contribution < -0.4 is 19.7 Å². The molecule has 6 aromatic rings. The summed E-state index contributed by atoms with van der Waals surface area (Å²) in [5, 5.41) is 14.7. The van der Waals surface area contributed by atoms with Gasteiger partial charge in [0, 0.05) is 42.6 Å². The minimum Gasteiger partial charge on any atom is -0.497 e. The minimum atomic E-state index is -0.137. The number of methoxy groups -OCH3 is 2. The van der Waals surface area contributed by atoms with Crippen LogP contribution in [0.4, 0.5) is 17.5 Å². The summed E-state index contributed by atoms with van der Waals surface area (Å²) in [6.07, 6.45) is 6.42. The number of pyridine rings is 4. The molecule has 4 aromatic heterocycles. The van der Waals surface area contributed by atoms with E-state index in [4.69, 9.17) is 19.4 Å². The molecule has 9 heteroatoms.